The molecule has 1 aliphatic rings. The van der Waals surface area contributed by atoms with Gasteiger partial charge >= 0.3 is 0 Å². The van der Waals surface area contributed by atoms with E-state index in [0.717, 1.165) is 29.7 Å². The number of aryl methyl sites for hydroxylation is 2. The molecule has 2 heterocycles. The first kappa shape index (κ1) is 15.8. The van der Waals surface area contributed by atoms with E-state index in [9.17, 15) is 9.59 Å². The fourth-order valence-electron chi connectivity index (χ4n) is 3.13. The summed E-state index contributed by atoms with van der Waals surface area (Å²) in [6.45, 7) is 5.74. The second kappa shape index (κ2) is 5.85. The Morgan fingerprint density at radius 3 is 2.74 bits per heavy atom. The minimum absolute atomic E-state index is 0.270. The first-order chi connectivity index (χ1) is 10.9. The molecule has 2 aromatic rings. The summed E-state index contributed by atoms with van der Waals surface area (Å²) in [4.78, 5) is 25.5. The first-order valence-electron chi connectivity index (χ1n) is 7.69. The molecule has 0 radical (unpaired) electrons. The van der Waals surface area contributed by atoms with Gasteiger partial charge in [0.1, 0.15) is 16.5 Å². The number of anilines is 1. The molecule has 0 aromatic carbocycles. The van der Waals surface area contributed by atoms with Gasteiger partial charge < -0.3 is 15.5 Å². The number of fused-ring (bicyclic) bond motifs is 1. The molecule has 0 saturated heterocycles. The SMILES string of the molecule is Cc1cc(C(=O)Nc2sc3c(c2C(N)=O)CC[C@@H](C)C3)c(C)o1. The molecule has 5 nitrogen and oxygen atoms in total. The summed E-state index contributed by atoms with van der Waals surface area (Å²) in [5, 5.41) is 3.41. The van der Waals surface area contributed by atoms with Crippen molar-refractivity contribution in [3.8, 4) is 0 Å². The van der Waals surface area contributed by atoms with E-state index in [1.165, 1.54) is 11.3 Å². The van der Waals surface area contributed by atoms with E-state index < -0.39 is 5.91 Å². The van der Waals surface area contributed by atoms with E-state index in [-0.39, 0.29) is 5.91 Å². The number of furan rings is 1. The normalized spacial score (nSPS) is 16.9. The number of carbonyl (C=O) groups is 2. The number of nitrogens with one attached hydrogen (secondary N) is 1. The number of hydrogen-bond acceptors (Lipinski definition) is 4. The number of primary amides is 1. The summed E-state index contributed by atoms with van der Waals surface area (Å²) in [6.07, 6.45) is 2.81. The van der Waals surface area contributed by atoms with Crippen molar-refractivity contribution in [3.63, 3.8) is 0 Å². The van der Waals surface area contributed by atoms with Crippen molar-refractivity contribution in [2.24, 2.45) is 11.7 Å². The van der Waals surface area contributed by atoms with Crippen LogP contribution in [0.5, 0.6) is 0 Å². The van der Waals surface area contributed by atoms with Crippen molar-refractivity contribution in [1.82, 2.24) is 0 Å². The molecule has 3 rings (SSSR count). The molecular weight excluding hydrogens is 312 g/mol. The maximum atomic E-state index is 12.5. The van der Waals surface area contributed by atoms with Gasteiger partial charge in [0.2, 0.25) is 0 Å². The predicted molar refractivity (Wildman–Crippen MR) is 90.2 cm³/mol. The molecule has 0 fully saturated rings. The number of amides is 2. The van der Waals surface area contributed by atoms with Gasteiger partial charge in [0.15, 0.2) is 0 Å². The topological polar surface area (TPSA) is 85.3 Å². The third kappa shape index (κ3) is 2.91. The Bertz CT molecular complexity index is 788. The molecule has 2 aromatic heterocycles. The van der Waals surface area contributed by atoms with E-state index in [2.05, 4.69) is 12.2 Å². The zero-order valence-electron chi connectivity index (χ0n) is 13.5. The standard InChI is InChI=1S/C17H20N2O3S/c1-8-4-5-11-13(6-8)23-17(14(11)15(18)20)19-16(21)12-7-9(2)22-10(12)3/h7-8H,4-6H2,1-3H3,(H2,18,20)(H,19,21)/t8-/m1/s1. The lowest BCUT2D eigenvalue weighted by Crippen LogP contribution is -2.19. The van der Waals surface area contributed by atoms with Crippen LogP contribution in [0.15, 0.2) is 10.5 Å². The van der Waals surface area contributed by atoms with E-state index in [1.54, 1.807) is 19.9 Å². The lowest BCUT2D eigenvalue weighted by molar-refractivity contribution is 0.1000. The number of hydrogen-bond donors (Lipinski definition) is 2. The van der Waals surface area contributed by atoms with E-state index >= 15 is 0 Å². The summed E-state index contributed by atoms with van der Waals surface area (Å²) in [5.41, 5.74) is 7.53. The van der Waals surface area contributed by atoms with Crippen molar-refractivity contribution in [3.05, 3.63) is 39.2 Å². The summed E-state index contributed by atoms with van der Waals surface area (Å²) in [7, 11) is 0. The number of thiophene rings is 1. The van der Waals surface area contributed by atoms with Crippen molar-refractivity contribution >= 4 is 28.2 Å². The number of nitrogens with two attached hydrogens (primary N) is 1. The van der Waals surface area contributed by atoms with Crippen LogP contribution in [-0.4, -0.2) is 11.8 Å². The van der Waals surface area contributed by atoms with Gasteiger partial charge in [-0.25, -0.2) is 0 Å². The van der Waals surface area contributed by atoms with Gasteiger partial charge in [-0.15, -0.1) is 11.3 Å². The van der Waals surface area contributed by atoms with Crippen LogP contribution in [-0.2, 0) is 12.8 Å². The van der Waals surface area contributed by atoms with Gasteiger partial charge in [0.05, 0.1) is 11.1 Å². The molecule has 2 amide bonds. The van der Waals surface area contributed by atoms with Crippen LogP contribution in [0.3, 0.4) is 0 Å². The van der Waals surface area contributed by atoms with Crippen LogP contribution >= 0.6 is 11.3 Å². The highest BCUT2D eigenvalue weighted by Gasteiger charge is 2.27. The predicted octanol–water partition coefficient (Wildman–Crippen LogP) is 3.43. The zero-order valence-corrected chi connectivity index (χ0v) is 14.3. The largest absolute Gasteiger partial charge is 0.466 e. The van der Waals surface area contributed by atoms with E-state index in [0.29, 0.717) is 33.6 Å². The second-order valence-electron chi connectivity index (χ2n) is 6.20. The highest BCUT2D eigenvalue weighted by Crippen LogP contribution is 2.39. The minimum atomic E-state index is -0.479. The molecular formula is C17H20N2O3S. The average molecular weight is 332 g/mol. The molecule has 6 heteroatoms. The fraction of sp³-hybridized carbons (Fsp3) is 0.412. The Morgan fingerprint density at radius 2 is 2.13 bits per heavy atom. The average Bonchev–Trinajstić information content (AvgIpc) is 2.97. The third-order valence-electron chi connectivity index (χ3n) is 4.27. The van der Waals surface area contributed by atoms with Crippen LogP contribution in [0.2, 0.25) is 0 Å². The molecule has 3 N–H and O–H groups in total. The van der Waals surface area contributed by atoms with Crippen molar-refractivity contribution in [2.45, 2.75) is 40.0 Å². The second-order valence-corrected chi connectivity index (χ2v) is 7.31. The number of rotatable bonds is 3. The highest BCUT2D eigenvalue weighted by atomic mass is 32.1. The molecule has 23 heavy (non-hydrogen) atoms. The molecule has 0 saturated carbocycles. The van der Waals surface area contributed by atoms with E-state index in [1.807, 2.05) is 0 Å². The van der Waals surface area contributed by atoms with E-state index in [4.69, 9.17) is 10.2 Å². The fourth-order valence-corrected chi connectivity index (χ4v) is 4.54. The van der Waals surface area contributed by atoms with Gasteiger partial charge in [0.25, 0.3) is 11.8 Å². The third-order valence-corrected chi connectivity index (χ3v) is 5.44. The van der Waals surface area contributed by atoms with Crippen molar-refractivity contribution < 1.29 is 14.0 Å². The summed E-state index contributed by atoms with van der Waals surface area (Å²) in [6, 6.07) is 1.70. The summed E-state index contributed by atoms with van der Waals surface area (Å²) < 4.78 is 5.40. The Morgan fingerprint density at radius 1 is 1.39 bits per heavy atom. The maximum absolute atomic E-state index is 12.5. The molecule has 1 atom stereocenters. The van der Waals surface area contributed by atoms with Gasteiger partial charge in [-0.2, -0.15) is 0 Å². The highest BCUT2D eigenvalue weighted by molar-refractivity contribution is 7.17. The summed E-state index contributed by atoms with van der Waals surface area (Å²) in [5.74, 6) is 1.09. The van der Waals surface area contributed by atoms with Crippen LogP contribution in [0, 0.1) is 19.8 Å². The Kier molecular flexibility index (Phi) is 4.02. The quantitative estimate of drug-likeness (QED) is 0.903. The molecule has 1 aliphatic carbocycles. The van der Waals surface area contributed by atoms with Gasteiger partial charge in [-0.05, 0) is 50.7 Å². The lowest BCUT2D eigenvalue weighted by Gasteiger charge is -2.18. The molecule has 0 aliphatic heterocycles. The number of carbonyl (C=O) groups excluding carboxylic acids is 2. The van der Waals surface area contributed by atoms with Crippen LogP contribution < -0.4 is 11.1 Å². The van der Waals surface area contributed by atoms with Gasteiger partial charge in [0, 0.05) is 4.88 Å². The molecule has 0 bridgehead atoms. The van der Waals surface area contributed by atoms with Gasteiger partial charge in [-0.1, -0.05) is 6.92 Å². The Balaban J connectivity index is 1.95. The molecule has 0 spiro atoms. The van der Waals surface area contributed by atoms with Gasteiger partial charge in [-0.3, -0.25) is 9.59 Å². The van der Waals surface area contributed by atoms with Crippen LogP contribution in [0.1, 0.15) is 56.0 Å². The minimum Gasteiger partial charge on any atom is -0.466 e. The molecule has 0 unspecified atom stereocenters. The van der Waals surface area contributed by atoms with Crippen molar-refractivity contribution in [2.75, 3.05) is 5.32 Å². The molecule has 122 valence electrons. The zero-order chi connectivity index (χ0) is 16.7. The van der Waals surface area contributed by atoms with Crippen LogP contribution in [0.25, 0.3) is 0 Å². The first-order valence-corrected chi connectivity index (χ1v) is 8.51. The Hall–Kier alpha value is -2.08. The Labute approximate surface area is 138 Å². The maximum Gasteiger partial charge on any atom is 0.259 e. The summed E-state index contributed by atoms with van der Waals surface area (Å²) >= 11 is 1.47. The monoisotopic (exact) mass is 332 g/mol. The van der Waals surface area contributed by atoms with Crippen LogP contribution in [0.4, 0.5) is 5.00 Å². The smallest absolute Gasteiger partial charge is 0.259 e. The lowest BCUT2D eigenvalue weighted by atomic mass is 9.88. The van der Waals surface area contributed by atoms with Crippen molar-refractivity contribution in [1.29, 1.82) is 0 Å².